The van der Waals surface area contributed by atoms with Gasteiger partial charge in [-0.3, -0.25) is 0 Å². The molecule has 1 fully saturated rings. The molecular formula is C18H29NO2. The second-order valence-corrected chi connectivity index (χ2v) is 5.88. The molecule has 3 heteroatoms. The fourth-order valence-electron chi connectivity index (χ4n) is 3.65. The number of nitrogens with one attached hydrogen (secondary N) is 1. The Hall–Kier alpha value is -1.06. The second-order valence-electron chi connectivity index (χ2n) is 5.88. The van der Waals surface area contributed by atoms with Gasteiger partial charge in [-0.2, -0.15) is 0 Å². The van der Waals surface area contributed by atoms with E-state index in [4.69, 9.17) is 9.47 Å². The van der Waals surface area contributed by atoms with Crippen molar-refractivity contribution in [3.8, 4) is 5.75 Å². The Kier molecular flexibility index (Phi) is 6.07. The molecular weight excluding hydrogens is 262 g/mol. The zero-order valence-corrected chi connectivity index (χ0v) is 13.7. The quantitative estimate of drug-likeness (QED) is 0.801. The molecule has 1 aliphatic rings. The van der Waals surface area contributed by atoms with Gasteiger partial charge in [-0.1, -0.05) is 43.9 Å². The number of ether oxygens (including phenoxy) is 2. The summed E-state index contributed by atoms with van der Waals surface area (Å²) in [4.78, 5) is 0. The van der Waals surface area contributed by atoms with Crippen LogP contribution in [0.15, 0.2) is 24.3 Å². The van der Waals surface area contributed by atoms with Gasteiger partial charge in [0.2, 0.25) is 0 Å². The highest BCUT2D eigenvalue weighted by Gasteiger charge is 2.40. The first-order valence-corrected chi connectivity index (χ1v) is 8.21. The van der Waals surface area contributed by atoms with Crippen LogP contribution in [0.2, 0.25) is 0 Å². The molecule has 118 valence electrons. The van der Waals surface area contributed by atoms with Crippen molar-refractivity contribution in [2.24, 2.45) is 0 Å². The molecule has 1 saturated carbocycles. The fourth-order valence-corrected chi connectivity index (χ4v) is 3.65. The maximum Gasteiger partial charge on any atom is 0.124 e. The van der Waals surface area contributed by atoms with Crippen molar-refractivity contribution >= 4 is 0 Å². The summed E-state index contributed by atoms with van der Waals surface area (Å²) < 4.78 is 11.9. The van der Waals surface area contributed by atoms with E-state index < -0.39 is 0 Å². The van der Waals surface area contributed by atoms with Crippen LogP contribution in [0.1, 0.15) is 57.1 Å². The van der Waals surface area contributed by atoms with E-state index in [1.807, 2.05) is 27.1 Å². The maximum absolute atomic E-state index is 6.08. The third-order valence-electron chi connectivity index (χ3n) is 4.70. The Morgan fingerprint density at radius 2 is 1.81 bits per heavy atom. The predicted molar refractivity (Wildman–Crippen MR) is 86.9 cm³/mol. The highest BCUT2D eigenvalue weighted by atomic mass is 16.5. The van der Waals surface area contributed by atoms with Crippen molar-refractivity contribution in [1.82, 2.24) is 5.32 Å². The normalized spacial score (nSPS) is 19.8. The molecule has 1 atom stereocenters. The van der Waals surface area contributed by atoms with Crippen LogP contribution < -0.4 is 10.1 Å². The van der Waals surface area contributed by atoms with Gasteiger partial charge in [0.15, 0.2) is 0 Å². The summed E-state index contributed by atoms with van der Waals surface area (Å²) in [5, 5.41) is 3.50. The molecule has 1 aromatic carbocycles. The van der Waals surface area contributed by atoms with Gasteiger partial charge in [-0.25, -0.2) is 0 Å². The molecule has 1 unspecified atom stereocenters. The van der Waals surface area contributed by atoms with Crippen molar-refractivity contribution < 1.29 is 9.47 Å². The molecule has 0 heterocycles. The van der Waals surface area contributed by atoms with Gasteiger partial charge in [-0.05, 0) is 32.9 Å². The van der Waals surface area contributed by atoms with Crippen molar-refractivity contribution in [3.05, 3.63) is 29.8 Å². The van der Waals surface area contributed by atoms with E-state index in [0.29, 0.717) is 6.61 Å². The molecule has 0 radical (unpaired) electrons. The highest BCUT2D eigenvalue weighted by molar-refractivity contribution is 5.37. The minimum atomic E-state index is -0.127. The lowest BCUT2D eigenvalue weighted by molar-refractivity contribution is -0.0528. The second kappa shape index (κ2) is 7.81. The summed E-state index contributed by atoms with van der Waals surface area (Å²) in [5.74, 6) is 0.972. The molecule has 0 bridgehead atoms. The van der Waals surface area contributed by atoms with Gasteiger partial charge in [0.1, 0.15) is 5.75 Å². The van der Waals surface area contributed by atoms with E-state index in [2.05, 4.69) is 23.5 Å². The Morgan fingerprint density at radius 1 is 1.14 bits per heavy atom. The molecule has 0 spiro atoms. The number of likely N-dealkylation sites (N-methyl/N-ethyl adjacent to an activating group) is 1. The third kappa shape index (κ3) is 3.58. The van der Waals surface area contributed by atoms with E-state index in [1.165, 1.54) is 31.2 Å². The molecule has 0 aromatic heterocycles. The van der Waals surface area contributed by atoms with E-state index in [9.17, 15) is 0 Å². The van der Waals surface area contributed by atoms with Crippen LogP contribution in [-0.4, -0.2) is 26.4 Å². The number of rotatable bonds is 6. The summed E-state index contributed by atoms with van der Waals surface area (Å²) >= 11 is 0. The van der Waals surface area contributed by atoms with Crippen LogP contribution in [0.3, 0.4) is 0 Å². The largest absolute Gasteiger partial charge is 0.494 e. The molecule has 0 amide bonds. The van der Waals surface area contributed by atoms with E-state index >= 15 is 0 Å². The summed E-state index contributed by atoms with van der Waals surface area (Å²) in [7, 11) is 3.89. The minimum Gasteiger partial charge on any atom is -0.494 e. The van der Waals surface area contributed by atoms with Gasteiger partial charge in [0.05, 0.1) is 18.2 Å². The lowest BCUT2D eigenvalue weighted by Gasteiger charge is -2.40. The SMILES string of the molecule is CCOc1ccccc1C(NC)C1(OC)CCCCCC1. The first-order valence-electron chi connectivity index (χ1n) is 8.21. The summed E-state index contributed by atoms with van der Waals surface area (Å²) in [6.07, 6.45) is 7.32. The van der Waals surface area contributed by atoms with Gasteiger partial charge in [0.25, 0.3) is 0 Å². The van der Waals surface area contributed by atoms with Crippen molar-refractivity contribution in [2.45, 2.75) is 57.1 Å². The standard InChI is InChI=1S/C18H29NO2/c1-4-21-16-12-8-7-11-15(16)17(19-2)18(20-3)13-9-5-6-10-14-18/h7-8,11-12,17,19H,4-6,9-10,13-14H2,1-3H3. The average molecular weight is 291 g/mol. The predicted octanol–water partition coefficient (Wildman–Crippen LogP) is 4.09. The topological polar surface area (TPSA) is 30.5 Å². The van der Waals surface area contributed by atoms with Crippen LogP contribution in [0.5, 0.6) is 5.75 Å². The highest BCUT2D eigenvalue weighted by Crippen LogP contribution is 2.42. The lowest BCUT2D eigenvalue weighted by Crippen LogP contribution is -2.44. The Bertz CT molecular complexity index is 425. The van der Waals surface area contributed by atoms with Crippen LogP contribution in [0.25, 0.3) is 0 Å². The fraction of sp³-hybridized carbons (Fsp3) is 0.667. The summed E-state index contributed by atoms with van der Waals surface area (Å²) in [6.45, 7) is 2.72. The molecule has 0 aliphatic heterocycles. The van der Waals surface area contributed by atoms with Gasteiger partial charge in [0, 0.05) is 12.7 Å². The molecule has 1 aliphatic carbocycles. The Balaban J connectivity index is 2.36. The lowest BCUT2D eigenvalue weighted by atomic mass is 9.82. The van der Waals surface area contributed by atoms with E-state index in [-0.39, 0.29) is 11.6 Å². The van der Waals surface area contributed by atoms with E-state index in [0.717, 1.165) is 18.6 Å². The summed E-state index contributed by atoms with van der Waals surface area (Å²) in [6, 6.07) is 8.51. The number of hydrogen-bond donors (Lipinski definition) is 1. The molecule has 3 nitrogen and oxygen atoms in total. The minimum absolute atomic E-state index is 0.127. The Labute approximate surface area is 129 Å². The number of para-hydroxylation sites is 1. The smallest absolute Gasteiger partial charge is 0.124 e. The third-order valence-corrected chi connectivity index (χ3v) is 4.70. The van der Waals surface area contributed by atoms with Gasteiger partial charge < -0.3 is 14.8 Å². The summed E-state index contributed by atoms with van der Waals surface area (Å²) in [5.41, 5.74) is 1.09. The van der Waals surface area contributed by atoms with Crippen molar-refractivity contribution in [2.75, 3.05) is 20.8 Å². The maximum atomic E-state index is 6.08. The molecule has 1 aromatic rings. The Morgan fingerprint density at radius 3 is 2.38 bits per heavy atom. The van der Waals surface area contributed by atoms with Crippen LogP contribution in [0.4, 0.5) is 0 Å². The van der Waals surface area contributed by atoms with E-state index in [1.54, 1.807) is 0 Å². The van der Waals surface area contributed by atoms with Gasteiger partial charge in [-0.15, -0.1) is 0 Å². The molecule has 21 heavy (non-hydrogen) atoms. The first-order chi connectivity index (χ1) is 10.3. The number of hydrogen-bond acceptors (Lipinski definition) is 3. The average Bonchev–Trinajstić information content (AvgIpc) is 2.76. The zero-order valence-electron chi connectivity index (χ0n) is 13.7. The van der Waals surface area contributed by atoms with Crippen molar-refractivity contribution in [1.29, 1.82) is 0 Å². The molecule has 1 N–H and O–H groups in total. The molecule has 0 saturated heterocycles. The van der Waals surface area contributed by atoms with Crippen LogP contribution >= 0.6 is 0 Å². The van der Waals surface area contributed by atoms with Crippen LogP contribution in [0, 0.1) is 0 Å². The van der Waals surface area contributed by atoms with Gasteiger partial charge >= 0.3 is 0 Å². The van der Waals surface area contributed by atoms with Crippen LogP contribution in [-0.2, 0) is 4.74 Å². The zero-order chi connectivity index (χ0) is 15.1. The number of benzene rings is 1. The molecule has 2 rings (SSSR count). The first kappa shape index (κ1) is 16.3. The monoisotopic (exact) mass is 291 g/mol. The van der Waals surface area contributed by atoms with Crippen molar-refractivity contribution in [3.63, 3.8) is 0 Å². The number of methoxy groups -OCH3 is 1.